The Morgan fingerprint density at radius 3 is 2.57 bits per heavy atom. The van der Waals surface area contributed by atoms with Crippen LogP contribution < -0.4 is 4.74 Å². The zero-order valence-corrected chi connectivity index (χ0v) is 13.0. The van der Waals surface area contributed by atoms with Gasteiger partial charge < -0.3 is 9.84 Å². The summed E-state index contributed by atoms with van der Waals surface area (Å²) in [5.74, 6) is 0.862. The van der Waals surface area contributed by atoms with Crippen LogP contribution in [0.25, 0.3) is 0 Å². The molecule has 0 fully saturated rings. The highest BCUT2D eigenvalue weighted by Crippen LogP contribution is 2.15. The molecule has 0 bridgehead atoms. The molecule has 1 unspecified atom stereocenters. The minimum absolute atomic E-state index is 0.341. The molecule has 1 N–H and O–H groups in total. The third kappa shape index (κ3) is 4.33. The van der Waals surface area contributed by atoms with E-state index in [-0.39, 0.29) is 6.10 Å². The van der Waals surface area contributed by atoms with E-state index in [9.17, 15) is 5.11 Å². The topological polar surface area (TPSA) is 47.3 Å². The summed E-state index contributed by atoms with van der Waals surface area (Å²) in [6.45, 7) is 2.09. The molecule has 1 aromatic heterocycles. The molecule has 1 atom stereocenters. The molecule has 4 nitrogen and oxygen atoms in total. The lowest BCUT2D eigenvalue weighted by Gasteiger charge is -2.11. The van der Waals surface area contributed by atoms with Crippen molar-refractivity contribution in [2.75, 3.05) is 7.11 Å². The Morgan fingerprint density at radius 2 is 2.00 bits per heavy atom. The van der Waals surface area contributed by atoms with Gasteiger partial charge in [0.25, 0.3) is 0 Å². The molecule has 114 valence electrons. The summed E-state index contributed by atoms with van der Waals surface area (Å²) in [7, 11) is 3.60. The van der Waals surface area contributed by atoms with Crippen molar-refractivity contribution in [3.05, 3.63) is 47.3 Å². The van der Waals surface area contributed by atoms with E-state index < -0.39 is 0 Å². The van der Waals surface area contributed by atoms with Gasteiger partial charge >= 0.3 is 0 Å². The molecule has 0 spiro atoms. The van der Waals surface area contributed by atoms with Crippen molar-refractivity contribution in [3.8, 4) is 5.75 Å². The standard InChI is InChI=1S/C17H24N2O2/c1-4-14-11-15(19(2)18-14)12-16(20)8-5-13-6-9-17(21-3)10-7-13/h6-7,9-11,16,20H,4-5,8,12H2,1-3H3. The van der Waals surface area contributed by atoms with E-state index in [0.29, 0.717) is 6.42 Å². The second kappa shape index (κ2) is 7.27. The maximum absolute atomic E-state index is 10.2. The number of aliphatic hydroxyl groups is 1. The van der Waals surface area contributed by atoms with Crippen LogP contribution in [0.1, 0.15) is 30.3 Å². The number of benzene rings is 1. The third-order valence-electron chi connectivity index (χ3n) is 3.76. The number of methoxy groups -OCH3 is 1. The lowest BCUT2D eigenvalue weighted by molar-refractivity contribution is 0.163. The highest BCUT2D eigenvalue weighted by atomic mass is 16.5. The van der Waals surface area contributed by atoms with Gasteiger partial charge in [0.15, 0.2) is 0 Å². The normalized spacial score (nSPS) is 12.4. The second-order valence-corrected chi connectivity index (χ2v) is 5.35. The Kier molecular flexibility index (Phi) is 5.39. The molecule has 21 heavy (non-hydrogen) atoms. The van der Waals surface area contributed by atoms with E-state index >= 15 is 0 Å². The van der Waals surface area contributed by atoms with Crippen LogP contribution in [0.15, 0.2) is 30.3 Å². The molecule has 0 radical (unpaired) electrons. The Bertz CT molecular complexity index is 561. The smallest absolute Gasteiger partial charge is 0.118 e. The number of aliphatic hydroxyl groups excluding tert-OH is 1. The molecule has 2 rings (SSSR count). The Hall–Kier alpha value is -1.81. The molecule has 0 saturated heterocycles. The quantitative estimate of drug-likeness (QED) is 0.851. The van der Waals surface area contributed by atoms with Crippen LogP contribution in [0.5, 0.6) is 5.75 Å². The molecular formula is C17H24N2O2. The summed E-state index contributed by atoms with van der Waals surface area (Å²) in [4.78, 5) is 0. The Labute approximate surface area is 126 Å². The molecule has 4 heteroatoms. The average Bonchev–Trinajstić information content (AvgIpc) is 2.86. The molecule has 0 aliphatic carbocycles. The fourth-order valence-electron chi connectivity index (χ4n) is 2.40. The summed E-state index contributed by atoms with van der Waals surface area (Å²) in [6.07, 6.45) is 2.85. The number of rotatable bonds is 7. The first-order valence-electron chi connectivity index (χ1n) is 7.45. The van der Waals surface area contributed by atoms with Crippen LogP contribution >= 0.6 is 0 Å². The SMILES string of the molecule is CCc1cc(CC(O)CCc2ccc(OC)cc2)n(C)n1. The number of hydrogen-bond acceptors (Lipinski definition) is 3. The largest absolute Gasteiger partial charge is 0.497 e. The van der Waals surface area contributed by atoms with Gasteiger partial charge in [-0.2, -0.15) is 5.10 Å². The average molecular weight is 288 g/mol. The van der Waals surface area contributed by atoms with Crippen LogP contribution in [0.3, 0.4) is 0 Å². The molecule has 1 aromatic carbocycles. The zero-order chi connectivity index (χ0) is 15.2. The van der Waals surface area contributed by atoms with E-state index in [4.69, 9.17) is 4.74 Å². The molecule has 2 aromatic rings. The first-order chi connectivity index (χ1) is 10.1. The highest BCUT2D eigenvalue weighted by Gasteiger charge is 2.10. The zero-order valence-electron chi connectivity index (χ0n) is 13.0. The summed E-state index contributed by atoms with van der Waals surface area (Å²) < 4.78 is 7.01. The first kappa shape index (κ1) is 15.6. The summed E-state index contributed by atoms with van der Waals surface area (Å²) in [5, 5.41) is 14.6. The van der Waals surface area contributed by atoms with Crippen molar-refractivity contribution in [1.82, 2.24) is 9.78 Å². The van der Waals surface area contributed by atoms with Crippen LogP contribution in [0.4, 0.5) is 0 Å². The Morgan fingerprint density at radius 1 is 1.29 bits per heavy atom. The lowest BCUT2D eigenvalue weighted by atomic mass is 10.0. The van der Waals surface area contributed by atoms with Gasteiger partial charge in [-0.1, -0.05) is 19.1 Å². The van der Waals surface area contributed by atoms with Crippen molar-refractivity contribution in [1.29, 1.82) is 0 Å². The van der Waals surface area contributed by atoms with Crippen LogP contribution in [-0.2, 0) is 26.3 Å². The predicted octanol–water partition coefficient (Wildman–Crippen LogP) is 2.53. The van der Waals surface area contributed by atoms with Gasteiger partial charge in [0.2, 0.25) is 0 Å². The molecule has 0 aliphatic rings. The number of aryl methyl sites for hydroxylation is 3. The van der Waals surface area contributed by atoms with Crippen molar-refractivity contribution >= 4 is 0 Å². The van der Waals surface area contributed by atoms with Crippen molar-refractivity contribution in [3.63, 3.8) is 0 Å². The molecule has 1 heterocycles. The van der Waals surface area contributed by atoms with Gasteiger partial charge in [-0.05, 0) is 43.0 Å². The van der Waals surface area contributed by atoms with E-state index in [1.807, 2.05) is 36.0 Å². The van der Waals surface area contributed by atoms with Gasteiger partial charge in [-0.15, -0.1) is 0 Å². The van der Waals surface area contributed by atoms with Gasteiger partial charge in [0, 0.05) is 19.2 Å². The van der Waals surface area contributed by atoms with Gasteiger partial charge in [0.1, 0.15) is 5.75 Å². The Balaban J connectivity index is 1.86. The van der Waals surface area contributed by atoms with E-state index in [2.05, 4.69) is 18.1 Å². The highest BCUT2D eigenvalue weighted by molar-refractivity contribution is 5.27. The summed E-state index contributed by atoms with van der Waals surface area (Å²) >= 11 is 0. The monoisotopic (exact) mass is 288 g/mol. The first-order valence-corrected chi connectivity index (χ1v) is 7.45. The molecular weight excluding hydrogens is 264 g/mol. The van der Waals surface area contributed by atoms with Crippen molar-refractivity contribution in [2.24, 2.45) is 7.05 Å². The predicted molar refractivity (Wildman–Crippen MR) is 83.6 cm³/mol. The number of nitrogens with zero attached hydrogens (tertiary/aromatic N) is 2. The fourth-order valence-corrected chi connectivity index (χ4v) is 2.40. The molecule has 0 saturated carbocycles. The minimum atomic E-state index is -0.341. The van der Waals surface area contributed by atoms with Gasteiger partial charge in [-0.25, -0.2) is 0 Å². The maximum Gasteiger partial charge on any atom is 0.118 e. The molecule has 0 amide bonds. The lowest BCUT2D eigenvalue weighted by Crippen LogP contribution is -2.14. The van der Waals surface area contributed by atoms with Gasteiger partial charge in [0.05, 0.1) is 18.9 Å². The summed E-state index contributed by atoms with van der Waals surface area (Å²) in [6, 6.07) is 10.1. The van der Waals surface area contributed by atoms with Crippen LogP contribution in [0.2, 0.25) is 0 Å². The summed E-state index contributed by atoms with van der Waals surface area (Å²) in [5.41, 5.74) is 3.39. The maximum atomic E-state index is 10.2. The van der Waals surface area contributed by atoms with Crippen molar-refractivity contribution in [2.45, 2.75) is 38.7 Å². The number of ether oxygens (including phenoxy) is 1. The van der Waals surface area contributed by atoms with Crippen LogP contribution in [0, 0.1) is 0 Å². The minimum Gasteiger partial charge on any atom is -0.497 e. The number of hydrogen-bond donors (Lipinski definition) is 1. The van der Waals surface area contributed by atoms with E-state index in [1.54, 1.807) is 7.11 Å². The second-order valence-electron chi connectivity index (χ2n) is 5.35. The van der Waals surface area contributed by atoms with Crippen LogP contribution in [-0.4, -0.2) is 28.1 Å². The van der Waals surface area contributed by atoms with Crippen molar-refractivity contribution < 1.29 is 9.84 Å². The van der Waals surface area contributed by atoms with Gasteiger partial charge in [-0.3, -0.25) is 4.68 Å². The molecule has 0 aliphatic heterocycles. The number of aromatic nitrogens is 2. The van der Waals surface area contributed by atoms with E-state index in [1.165, 1.54) is 5.56 Å². The van der Waals surface area contributed by atoms with E-state index in [0.717, 1.165) is 36.4 Å². The third-order valence-corrected chi connectivity index (χ3v) is 3.76. The fraction of sp³-hybridized carbons (Fsp3) is 0.471.